The number of aromatic nitrogens is 2. The Balaban J connectivity index is 1.36. The van der Waals surface area contributed by atoms with Gasteiger partial charge in [0, 0.05) is 24.3 Å². The molecule has 0 aliphatic carbocycles. The van der Waals surface area contributed by atoms with Crippen LogP contribution in [0.25, 0.3) is 0 Å². The predicted octanol–water partition coefficient (Wildman–Crippen LogP) is 2.80. The molecule has 7 nitrogen and oxygen atoms in total. The number of aliphatic hydroxyl groups is 2. The van der Waals surface area contributed by atoms with Gasteiger partial charge in [-0.05, 0) is 47.5 Å². The highest BCUT2D eigenvalue weighted by atomic mass is 16.5. The van der Waals surface area contributed by atoms with Crippen molar-refractivity contribution in [2.75, 3.05) is 0 Å². The molecule has 0 atom stereocenters. The number of carbonyl (C=O) groups excluding carboxylic acids is 2. The van der Waals surface area contributed by atoms with Crippen LogP contribution in [0.15, 0.2) is 97.3 Å². The van der Waals surface area contributed by atoms with E-state index in [-0.39, 0.29) is 37.9 Å². The zero-order chi connectivity index (χ0) is 24.6. The summed E-state index contributed by atoms with van der Waals surface area (Å²) >= 11 is 0. The standard InChI is InChI=1S/C28H26N2O5/c31-19-23-5-1-3-15-29(23)27(33)17-21-7-11-25(12-8-21)35-26-13-9-22(10-14-26)18-28(34)30-16-4-2-6-24(30)20-32/h1-16,31-32H,17-20H2/q+2. The lowest BCUT2D eigenvalue weighted by atomic mass is 10.1. The number of ether oxygens (including phenoxy) is 1. The van der Waals surface area contributed by atoms with Crippen molar-refractivity contribution in [2.45, 2.75) is 26.1 Å². The first-order chi connectivity index (χ1) is 17.1. The average molecular weight is 471 g/mol. The fourth-order valence-corrected chi connectivity index (χ4v) is 3.71. The van der Waals surface area contributed by atoms with Crippen LogP contribution in [0.3, 0.4) is 0 Å². The van der Waals surface area contributed by atoms with E-state index >= 15 is 0 Å². The average Bonchev–Trinajstić information content (AvgIpc) is 2.90. The minimum absolute atomic E-state index is 0.131. The molecule has 4 aromatic rings. The van der Waals surface area contributed by atoms with Crippen LogP contribution in [0.1, 0.15) is 32.1 Å². The highest BCUT2D eigenvalue weighted by Gasteiger charge is 2.20. The van der Waals surface area contributed by atoms with E-state index < -0.39 is 0 Å². The highest BCUT2D eigenvalue weighted by molar-refractivity contribution is 5.71. The van der Waals surface area contributed by atoms with Gasteiger partial charge in [0.2, 0.25) is 11.4 Å². The van der Waals surface area contributed by atoms with Crippen molar-refractivity contribution in [3.63, 3.8) is 0 Å². The van der Waals surface area contributed by atoms with Crippen molar-refractivity contribution < 1.29 is 33.7 Å². The van der Waals surface area contributed by atoms with Crippen molar-refractivity contribution in [1.82, 2.24) is 0 Å². The molecule has 0 fully saturated rings. The molecule has 0 aliphatic rings. The third kappa shape index (κ3) is 6.03. The highest BCUT2D eigenvalue weighted by Crippen LogP contribution is 2.22. The third-order valence-electron chi connectivity index (χ3n) is 5.54. The topological polar surface area (TPSA) is 91.6 Å². The summed E-state index contributed by atoms with van der Waals surface area (Å²) in [5, 5.41) is 18.9. The normalized spacial score (nSPS) is 10.7. The van der Waals surface area contributed by atoms with Crippen LogP contribution in [-0.2, 0) is 26.1 Å². The van der Waals surface area contributed by atoms with Gasteiger partial charge in [0.1, 0.15) is 24.7 Å². The van der Waals surface area contributed by atoms with Gasteiger partial charge in [-0.1, -0.05) is 24.3 Å². The number of rotatable bonds is 8. The molecule has 2 aromatic heterocycles. The van der Waals surface area contributed by atoms with Crippen LogP contribution in [-0.4, -0.2) is 22.0 Å². The molecule has 4 rings (SSSR count). The molecule has 2 aromatic carbocycles. The molecule has 35 heavy (non-hydrogen) atoms. The molecule has 2 N–H and O–H groups in total. The van der Waals surface area contributed by atoms with Crippen molar-refractivity contribution in [1.29, 1.82) is 0 Å². The maximum absolute atomic E-state index is 12.6. The second-order valence-electron chi connectivity index (χ2n) is 7.97. The summed E-state index contributed by atoms with van der Waals surface area (Å²) in [7, 11) is 0. The first-order valence-corrected chi connectivity index (χ1v) is 11.2. The maximum Gasteiger partial charge on any atom is 0.396 e. The summed E-state index contributed by atoms with van der Waals surface area (Å²) < 4.78 is 8.81. The molecule has 0 radical (unpaired) electrons. The van der Waals surface area contributed by atoms with Gasteiger partial charge in [0.15, 0.2) is 12.4 Å². The Morgan fingerprint density at radius 3 is 1.37 bits per heavy atom. The molecule has 0 saturated heterocycles. The van der Waals surface area contributed by atoms with E-state index in [9.17, 15) is 19.8 Å². The molecule has 0 unspecified atom stereocenters. The van der Waals surface area contributed by atoms with Crippen LogP contribution in [0.2, 0.25) is 0 Å². The summed E-state index contributed by atoms with van der Waals surface area (Å²) in [5.74, 6) is 0.989. The van der Waals surface area contributed by atoms with Gasteiger partial charge in [-0.15, -0.1) is 9.13 Å². The Bertz CT molecular complexity index is 1220. The van der Waals surface area contributed by atoms with E-state index in [1.807, 2.05) is 24.3 Å². The molecule has 176 valence electrons. The van der Waals surface area contributed by atoms with Gasteiger partial charge in [-0.25, -0.2) is 9.59 Å². The summed E-state index contributed by atoms with van der Waals surface area (Å²) in [5.41, 5.74) is 2.74. The first-order valence-electron chi connectivity index (χ1n) is 11.2. The smallest absolute Gasteiger partial charge is 0.396 e. The molecule has 0 saturated carbocycles. The zero-order valence-corrected chi connectivity index (χ0v) is 19.1. The fraction of sp³-hybridized carbons (Fsp3) is 0.143. The Kier molecular flexibility index (Phi) is 7.72. The van der Waals surface area contributed by atoms with Gasteiger partial charge >= 0.3 is 11.8 Å². The molecular weight excluding hydrogens is 444 g/mol. The molecule has 0 amide bonds. The Morgan fingerprint density at radius 2 is 1.00 bits per heavy atom. The number of benzene rings is 2. The lowest BCUT2D eigenvalue weighted by Gasteiger charge is -2.07. The Morgan fingerprint density at radius 1 is 0.600 bits per heavy atom. The zero-order valence-electron chi connectivity index (χ0n) is 19.1. The molecule has 0 aliphatic heterocycles. The molecular formula is C28H26N2O5+2. The van der Waals surface area contributed by atoms with Crippen LogP contribution >= 0.6 is 0 Å². The van der Waals surface area contributed by atoms with Crippen molar-refractivity contribution in [2.24, 2.45) is 0 Å². The summed E-state index contributed by atoms with van der Waals surface area (Å²) in [6.45, 7) is -0.414. The minimum atomic E-state index is -0.207. The van der Waals surface area contributed by atoms with Gasteiger partial charge < -0.3 is 14.9 Å². The lowest BCUT2D eigenvalue weighted by Crippen LogP contribution is -2.46. The van der Waals surface area contributed by atoms with E-state index in [0.717, 1.165) is 11.1 Å². The van der Waals surface area contributed by atoms with Crippen LogP contribution in [0.5, 0.6) is 11.5 Å². The monoisotopic (exact) mass is 470 g/mol. The van der Waals surface area contributed by atoms with Gasteiger partial charge in [0.25, 0.3) is 0 Å². The lowest BCUT2D eigenvalue weighted by molar-refractivity contribution is -0.585. The number of carbonyl (C=O) groups is 2. The van der Waals surface area contributed by atoms with Crippen LogP contribution < -0.4 is 13.9 Å². The second-order valence-corrected chi connectivity index (χ2v) is 7.97. The minimum Gasteiger partial charge on any atom is -0.457 e. The Hall–Kier alpha value is -4.20. The van der Waals surface area contributed by atoms with Crippen molar-refractivity contribution in [3.05, 3.63) is 120 Å². The van der Waals surface area contributed by atoms with Crippen LogP contribution in [0, 0.1) is 0 Å². The van der Waals surface area contributed by atoms with Crippen molar-refractivity contribution >= 4 is 11.8 Å². The first kappa shape index (κ1) is 23.9. The number of pyridine rings is 2. The quantitative estimate of drug-likeness (QED) is 0.387. The van der Waals surface area contributed by atoms with Gasteiger partial charge in [-0.2, -0.15) is 0 Å². The maximum atomic E-state index is 12.6. The Labute approximate surface area is 203 Å². The van der Waals surface area contributed by atoms with E-state index in [1.165, 1.54) is 9.13 Å². The predicted molar refractivity (Wildman–Crippen MR) is 127 cm³/mol. The molecule has 0 spiro atoms. The van der Waals surface area contributed by atoms with Gasteiger partial charge in [-0.3, -0.25) is 0 Å². The second kappa shape index (κ2) is 11.3. The summed E-state index contributed by atoms with van der Waals surface area (Å²) in [4.78, 5) is 25.2. The number of aliphatic hydroxyl groups excluding tert-OH is 2. The van der Waals surface area contributed by atoms with E-state index in [0.29, 0.717) is 22.9 Å². The van der Waals surface area contributed by atoms with E-state index in [1.54, 1.807) is 73.1 Å². The fourth-order valence-electron chi connectivity index (χ4n) is 3.71. The van der Waals surface area contributed by atoms with Gasteiger partial charge in [0.05, 0.1) is 12.8 Å². The molecule has 7 heteroatoms. The third-order valence-corrected chi connectivity index (χ3v) is 5.54. The summed E-state index contributed by atoms with van der Waals surface area (Å²) in [6, 6.07) is 25.0. The molecule has 2 heterocycles. The largest absolute Gasteiger partial charge is 0.457 e. The number of hydrogen-bond donors (Lipinski definition) is 2. The van der Waals surface area contributed by atoms with E-state index in [4.69, 9.17) is 4.74 Å². The SMILES string of the molecule is O=C(Cc1ccc(Oc2ccc(CC(=O)[n+]3ccccc3CO)cc2)cc1)[n+]1ccccc1CO. The number of hydrogen-bond acceptors (Lipinski definition) is 5. The molecule has 0 bridgehead atoms. The summed E-state index contributed by atoms with van der Waals surface area (Å²) in [6.07, 6.45) is 3.68. The van der Waals surface area contributed by atoms with Crippen LogP contribution in [0.4, 0.5) is 0 Å². The van der Waals surface area contributed by atoms with E-state index in [2.05, 4.69) is 0 Å². The number of nitrogens with zero attached hydrogens (tertiary/aromatic N) is 2. The van der Waals surface area contributed by atoms with Crippen molar-refractivity contribution in [3.8, 4) is 11.5 Å².